The minimum atomic E-state index is -4.11. The number of hydrogen-bond donors (Lipinski definition) is 1. The molecule has 3 atom stereocenters. The summed E-state index contributed by atoms with van der Waals surface area (Å²) in [7, 11) is 0. The zero-order valence-corrected chi connectivity index (χ0v) is 14.6. The highest BCUT2D eigenvalue weighted by molar-refractivity contribution is 6.30. The van der Waals surface area contributed by atoms with Gasteiger partial charge in [-0.05, 0) is 69.5 Å². The number of alkyl halides is 3. The lowest BCUT2D eigenvalue weighted by molar-refractivity contribution is -0.188. The van der Waals surface area contributed by atoms with E-state index in [2.05, 4.69) is 0 Å². The predicted molar refractivity (Wildman–Crippen MR) is 89.9 cm³/mol. The number of halogens is 4. The molecule has 1 aromatic rings. The van der Waals surface area contributed by atoms with Crippen LogP contribution in [0.15, 0.2) is 24.3 Å². The molecule has 25 heavy (non-hydrogen) atoms. The largest absolute Gasteiger partial charge is 0.488 e. The van der Waals surface area contributed by atoms with Gasteiger partial charge in [-0.1, -0.05) is 11.6 Å². The van der Waals surface area contributed by atoms with Gasteiger partial charge in [-0.2, -0.15) is 13.2 Å². The van der Waals surface area contributed by atoms with Gasteiger partial charge in [-0.3, -0.25) is 4.90 Å². The molecule has 2 fully saturated rings. The van der Waals surface area contributed by atoms with E-state index in [9.17, 15) is 18.3 Å². The summed E-state index contributed by atoms with van der Waals surface area (Å²) >= 11 is 5.86. The van der Waals surface area contributed by atoms with E-state index in [0.717, 1.165) is 19.3 Å². The van der Waals surface area contributed by atoms with Crippen molar-refractivity contribution in [3.05, 3.63) is 29.3 Å². The SMILES string of the molecule is O[C@H]1[C@H](Oc2ccc(Cl)cc2)CCC[C@@H]1N1CCC(C(F)(F)F)CC1. The standard InChI is InChI=1S/C18H23ClF3NO2/c19-13-4-6-14(7-5-13)25-16-3-1-2-15(17(16)24)23-10-8-12(9-11-23)18(20,21)22/h4-7,12,15-17,24H,1-3,8-11H2/t15-,16+,17+/m0/s1. The zero-order chi connectivity index (χ0) is 18.0. The van der Waals surface area contributed by atoms with E-state index >= 15 is 0 Å². The number of aliphatic hydroxyl groups is 1. The van der Waals surface area contributed by atoms with E-state index in [0.29, 0.717) is 23.9 Å². The summed E-state index contributed by atoms with van der Waals surface area (Å²) in [6.07, 6.45) is -2.54. The molecular formula is C18H23ClF3NO2. The number of rotatable bonds is 3. The first kappa shape index (κ1) is 18.8. The fourth-order valence-corrected chi connectivity index (χ4v) is 4.02. The number of likely N-dealkylation sites (tertiary alicyclic amines) is 1. The van der Waals surface area contributed by atoms with Gasteiger partial charge in [0.05, 0.1) is 5.92 Å². The van der Waals surface area contributed by atoms with Crippen molar-refractivity contribution in [1.82, 2.24) is 4.90 Å². The van der Waals surface area contributed by atoms with Crippen LogP contribution in [0.4, 0.5) is 13.2 Å². The van der Waals surface area contributed by atoms with Crippen LogP contribution in [0.1, 0.15) is 32.1 Å². The Bertz CT molecular complexity index is 558. The van der Waals surface area contributed by atoms with Crippen LogP contribution >= 0.6 is 11.6 Å². The second-order valence-electron chi connectivity index (χ2n) is 6.95. The number of aliphatic hydroxyl groups excluding tert-OH is 1. The van der Waals surface area contributed by atoms with Gasteiger partial charge in [-0.25, -0.2) is 0 Å². The third-order valence-electron chi connectivity index (χ3n) is 5.33. The van der Waals surface area contributed by atoms with Crippen molar-refractivity contribution < 1.29 is 23.0 Å². The molecule has 0 bridgehead atoms. The molecule has 0 amide bonds. The van der Waals surface area contributed by atoms with Crippen molar-refractivity contribution in [1.29, 1.82) is 0 Å². The van der Waals surface area contributed by atoms with Crippen LogP contribution in [0.5, 0.6) is 5.75 Å². The van der Waals surface area contributed by atoms with Crippen molar-refractivity contribution in [2.75, 3.05) is 13.1 Å². The van der Waals surface area contributed by atoms with E-state index in [1.165, 1.54) is 0 Å². The molecule has 1 aliphatic heterocycles. The Kier molecular flexibility index (Phi) is 5.81. The summed E-state index contributed by atoms with van der Waals surface area (Å²) < 4.78 is 44.4. The molecule has 0 aromatic heterocycles. The number of nitrogens with zero attached hydrogens (tertiary/aromatic N) is 1. The molecule has 1 saturated carbocycles. The quantitative estimate of drug-likeness (QED) is 0.853. The van der Waals surface area contributed by atoms with Gasteiger partial charge in [-0.15, -0.1) is 0 Å². The predicted octanol–water partition coefficient (Wildman–Crippen LogP) is 4.28. The lowest BCUT2D eigenvalue weighted by Gasteiger charge is -2.44. The van der Waals surface area contributed by atoms with E-state index < -0.39 is 18.2 Å². The molecule has 3 rings (SSSR count). The maximum atomic E-state index is 12.8. The number of piperidine rings is 1. The van der Waals surface area contributed by atoms with Crippen LogP contribution in [-0.4, -0.2) is 47.5 Å². The highest BCUT2D eigenvalue weighted by Crippen LogP contribution is 2.36. The second kappa shape index (κ2) is 7.72. The average molecular weight is 378 g/mol. The first-order chi connectivity index (χ1) is 11.8. The molecule has 1 saturated heterocycles. The van der Waals surface area contributed by atoms with E-state index in [4.69, 9.17) is 16.3 Å². The van der Waals surface area contributed by atoms with Crippen LogP contribution in [0.2, 0.25) is 5.02 Å². The third kappa shape index (κ3) is 4.60. The molecule has 1 heterocycles. The van der Waals surface area contributed by atoms with Crippen LogP contribution in [0.25, 0.3) is 0 Å². The van der Waals surface area contributed by atoms with Gasteiger partial charge in [0.2, 0.25) is 0 Å². The molecule has 1 aliphatic carbocycles. The molecule has 2 aliphatic rings. The molecule has 7 heteroatoms. The van der Waals surface area contributed by atoms with E-state index in [1.54, 1.807) is 24.3 Å². The lowest BCUT2D eigenvalue weighted by atomic mass is 9.86. The molecule has 0 spiro atoms. The fraction of sp³-hybridized carbons (Fsp3) is 0.667. The van der Waals surface area contributed by atoms with Crippen LogP contribution in [-0.2, 0) is 0 Å². The van der Waals surface area contributed by atoms with Gasteiger partial charge >= 0.3 is 6.18 Å². The normalized spacial score (nSPS) is 29.6. The molecule has 0 unspecified atom stereocenters. The lowest BCUT2D eigenvalue weighted by Crippen LogP contribution is -2.55. The first-order valence-corrected chi connectivity index (χ1v) is 9.13. The highest BCUT2D eigenvalue weighted by Gasteiger charge is 2.44. The summed E-state index contributed by atoms with van der Waals surface area (Å²) in [5.41, 5.74) is 0. The maximum Gasteiger partial charge on any atom is 0.391 e. The van der Waals surface area contributed by atoms with Gasteiger partial charge in [0.1, 0.15) is 18.0 Å². The Morgan fingerprint density at radius 1 is 1.04 bits per heavy atom. The molecule has 1 N–H and O–H groups in total. The Balaban J connectivity index is 1.59. The van der Waals surface area contributed by atoms with E-state index in [-0.39, 0.29) is 25.0 Å². The Hall–Kier alpha value is -0.980. The third-order valence-corrected chi connectivity index (χ3v) is 5.58. The molecular weight excluding hydrogens is 355 g/mol. The Morgan fingerprint density at radius 2 is 1.68 bits per heavy atom. The van der Waals surface area contributed by atoms with Crippen molar-refractivity contribution in [2.45, 2.75) is 56.5 Å². The monoisotopic (exact) mass is 377 g/mol. The number of hydrogen-bond acceptors (Lipinski definition) is 3. The number of benzene rings is 1. The first-order valence-electron chi connectivity index (χ1n) is 8.75. The van der Waals surface area contributed by atoms with Crippen molar-refractivity contribution >= 4 is 11.6 Å². The topological polar surface area (TPSA) is 32.7 Å². The van der Waals surface area contributed by atoms with Crippen molar-refractivity contribution in [2.24, 2.45) is 5.92 Å². The number of ether oxygens (including phenoxy) is 1. The second-order valence-corrected chi connectivity index (χ2v) is 7.39. The van der Waals surface area contributed by atoms with Crippen LogP contribution in [0.3, 0.4) is 0 Å². The van der Waals surface area contributed by atoms with Crippen molar-refractivity contribution in [3.8, 4) is 5.75 Å². The Morgan fingerprint density at radius 3 is 2.28 bits per heavy atom. The molecule has 0 radical (unpaired) electrons. The van der Waals surface area contributed by atoms with Crippen LogP contribution < -0.4 is 4.74 Å². The minimum Gasteiger partial charge on any atom is -0.488 e. The molecule has 140 valence electrons. The summed E-state index contributed by atoms with van der Waals surface area (Å²) in [5.74, 6) is -0.574. The van der Waals surface area contributed by atoms with E-state index in [1.807, 2.05) is 4.90 Å². The minimum absolute atomic E-state index is 0.107. The summed E-state index contributed by atoms with van der Waals surface area (Å²) in [6.45, 7) is 0.749. The molecule has 1 aromatic carbocycles. The van der Waals surface area contributed by atoms with Gasteiger partial charge in [0.15, 0.2) is 0 Å². The summed E-state index contributed by atoms with van der Waals surface area (Å²) in [5, 5.41) is 11.3. The summed E-state index contributed by atoms with van der Waals surface area (Å²) in [6, 6.07) is 6.83. The zero-order valence-electron chi connectivity index (χ0n) is 13.9. The van der Waals surface area contributed by atoms with Crippen LogP contribution in [0, 0.1) is 5.92 Å². The average Bonchev–Trinajstić information content (AvgIpc) is 2.58. The van der Waals surface area contributed by atoms with Gasteiger partial charge in [0, 0.05) is 11.1 Å². The van der Waals surface area contributed by atoms with Gasteiger partial charge < -0.3 is 9.84 Å². The van der Waals surface area contributed by atoms with Gasteiger partial charge in [0.25, 0.3) is 0 Å². The molecule has 3 nitrogen and oxygen atoms in total. The Labute approximate surface area is 150 Å². The fourth-order valence-electron chi connectivity index (χ4n) is 3.89. The highest BCUT2D eigenvalue weighted by atomic mass is 35.5. The van der Waals surface area contributed by atoms with Crippen molar-refractivity contribution in [3.63, 3.8) is 0 Å². The summed E-state index contributed by atoms with van der Waals surface area (Å²) in [4.78, 5) is 2.00. The smallest absolute Gasteiger partial charge is 0.391 e. The maximum absolute atomic E-state index is 12.8.